The molecule has 1 saturated heterocycles. The summed E-state index contributed by atoms with van der Waals surface area (Å²) in [7, 11) is -0.558. The van der Waals surface area contributed by atoms with Crippen LogP contribution in [0.4, 0.5) is 8.78 Å². The van der Waals surface area contributed by atoms with E-state index in [2.05, 4.69) is 15.9 Å². The molecule has 0 aromatic heterocycles. The van der Waals surface area contributed by atoms with Gasteiger partial charge in [-0.2, -0.15) is 0 Å². The quantitative estimate of drug-likeness (QED) is 0.117. The maximum absolute atomic E-state index is 14.6. The van der Waals surface area contributed by atoms with Crippen LogP contribution in [0.5, 0.6) is 0 Å². The molecule has 0 N–H and O–H groups in total. The molecule has 1 fully saturated rings. The first kappa shape index (κ1) is 49.1. The number of hydrogen-bond donors (Lipinski definition) is 0. The Morgan fingerprint density at radius 3 is 1.60 bits per heavy atom. The summed E-state index contributed by atoms with van der Waals surface area (Å²) in [6.07, 6.45) is 0.284. The Labute approximate surface area is 362 Å². The topological polar surface area (TPSA) is 71.1 Å². The molecule has 0 amide bonds. The van der Waals surface area contributed by atoms with Crippen LogP contribution >= 0.6 is 39.1 Å². The fraction of sp³-hybridized carbons (Fsp3) is 0.435. The number of rotatable bonds is 10. The van der Waals surface area contributed by atoms with Gasteiger partial charge in [0.05, 0.1) is 42.3 Å². The molecule has 0 bridgehead atoms. The summed E-state index contributed by atoms with van der Waals surface area (Å²) in [6, 6.07) is 18.6. The van der Waals surface area contributed by atoms with Gasteiger partial charge in [-0.25, -0.2) is 8.78 Å². The number of aryl methyl sites for hydroxylation is 4. The fourth-order valence-electron chi connectivity index (χ4n) is 6.37. The van der Waals surface area contributed by atoms with Gasteiger partial charge >= 0.3 is 19.1 Å². The van der Waals surface area contributed by atoms with Crippen LogP contribution in [0.3, 0.4) is 0 Å². The first-order chi connectivity index (χ1) is 27.0. The van der Waals surface area contributed by atoms with Crippen LogP contribution in [0.15, 0.2) is 65.1 Å². The summed E-state index contributed by atoms with van der Waals surface area (Å²) in [4.78, 5) is 23.5. The number of carbonyl (C=O) groups excluding carboxylic acids is 2. The van der Waals surface area contributed by atoms with Gasteiger partial charge in [0.2, 0.25) is 0 Å². The summed E-state index contributed by atoms with van der Waals surface area (Å²) in [6.45, 7) is 23.2. The molecule has 0 unspecified atom stereocenters. The van der Waals surface area contributed by atoms with Crippen LogP contribution in [0.2, 0.25) is 10.0 Å². The number of carbonyl (C=O) groups is 2. The fourth-order valence-corrected chi connectivity index (χ4v) is 7.19. The smallest absolute Gasteiger partial charge is 0.466 e. The molecule has 0 spiro atoms. The third-order valence-electron chi connectivity index (χ3n) is 10.4. The molecule has 0 radical (unpaired) electrons. The summed E-state index contributed by atoms with van der Waals surface area (Å²) in [5, 5.41) is 1.40. The van der Waals surface area contributed by atoms with Crippen molar-refractivity contribution < 1.29 is 37.2 Å². The van der Waals surface area contributed by atoms with E-state index in [0.29, 0.717) is 40.5 Å². The number of ether oxygens (including phenoxy) is 2. The first-order valence-electron chi connectivity index (χ1n) is 19.5. The Kier molecular flexibility index (Phi) is 18.0. The molecule has 1 aliphatic rings. The normalized spacial score (nSPS) is 15.0. The van der Waals surface area contributed by atoms with E-state index in [4.69, 9.17) is 42.0 Å². The second kappa shape index (κ2) is 21.3. The van der Waals surface area contributed by atoms with Gasteiger partial charge in [-0.1, -0.05) is 73.4 Å². The zero-order valence-electron chi connectivity index (χ0n) is 35.7. The highest BCUT2D eigenvalue weighted by Gasteiger charge is 2.52. The van der Waals surface area contributed by atoms with Gasteiger partial charge in [0, 0.05) is 15.1 Å². The van der Waals surface area contributed by atoms with Crippen LogP contribution in [0, 0.1) is 39.3 Å². The molecule has 1 aliphatic heterocycles. The van der Waals surface area contributed by atoms with Crippen LogP contribution in [0.25, 0.3) is 11.1 Å². The van der Waals surface area contributed by atoms with Crippen LogP contribution < -0.4 is 5.46 Å². The van der Waals surface area contributed by atoms with Crippen LogP contribution in [-0.2, 0) is 28.4 Å². The summed E-state index contributed by atoms with van der Waals surface area (Å²) >= 11 is 15.5. The molecular weight excluding hydrogens is 848 g/mol. The van der Waals surface area contributed by atoms with E-state index >= 15 is 0 Å². The minimum atomic E-state index is -0.558. The predicted octanol–water partition coefficient (Wildman–Crippen LogP) is 12.7. The average molecular weight is 905 g/mol. The van der Waals surface area contributed by atoms with Crippen LogP contribution in [-0.4, -0.2) is 43.5 Å². The number of benzene rings is 4. The molecular formula is C46H56BBrCl2F2O6. The number of halogens is 5. The zero-order chi connectivity index (χ0) is 43.7. The van der Waals surface area contributed by atoms with E-state index in [1.165, 1.54) is 5.56 Å². The van der Waals surface area contributed by atoms with Crippen molar-refractivity contribution in [3.05, 3.63) is 120 Å². The lowest BCUT2D eigenvalue weighted by molar-refractivity contribution is -0.144. The lowest BCUT2D eigenvalue weighted by Gasteiger charge is -2.32. The highest BCUT2D eigenvalue weighted by molar-refractivity contribution is 9.10. The second-order valence-corrected chi connectivity index (χ2v) is 17.3. The summed E-state index contributed by atoms with van der Waals surface area (Å²) in [5.41, 5.74) is 5.84. The molecule has 5 rings (SSSR count). The SMILES string of the molecule is CCOC(=O)C[C@H](C)c1cc(-c2c(C)cccc2Cl)cc(C)c1F.CCOC(=O)C[C@H](C)c1cc(B2OC(C)(C)C(C)(C)O2)cc(C)c1F.Cc1cccc(Cl)c1Br. The number of hydrogen-bond acceptors (Lipinski definition) is 6. The predicted molar refractivity (Wildman–Crippen MR) is 236 cm³/mol. The largest absolute Gasteiger partial charge is 0.494 e. The standard InChI is InChI=1S/C20H22ClFO2.C19H28BFO4.C7H6BrCl/c1-5-24-18(23)10-13(3)16-11-15(9-14(4)20(16)22)19-12(2)7-6-8-17(19)21;1-8-23-16(22)10-12(2)15-11-14(9-13(3)17(15)21)20-24-18(4,5)19(6,7)25-20;1-5-3-2-4-6(9)7(5)8/h6-9,11,13H,5,10H2,1-4H3;9,11-12H,8,10H2,1-7H3;2-4H,1H3/t13-;12-;/m00./s1. The Bertz CT molecular complexity index is 2020. The van der Waals surface area contributed by atoms with Crippen molar-refractivity contribution in [2.75, 3.05) is 13.2 Å². The Morgan fingerprint density at radius 1 is 0.707 bits per heavy atom. The molecule has 0 saturated carbocycles. The third kappa shape index (κ3) is 12.6. The average Bonchev–Trinajstić information content (AvgIpc) is 3.35. The highest BCUT2D eigenvalue weighted by atomic mass is 79.9. The summed E-state index contributed by atoms with van der Waals surface area (Å²) in [5.74, 6) is -1.78. The van der Waals surface area contributed by atoms with Gasteiger partial charge in [-0.15, -0.1) is 0 Å². The van der Waals surface area contributed by atoms with Crippen molar-refractivity contribution in [3.63, 3.8) is 0 Å². The molecule has 0 aliphatic carbocycles. The molecule has 12 heteroatoms. The summed E-state index contributed by atoms with van der Waals surface area (Å²) < 4.78 is 52.3. The van der Waals surface area contributed by atoms with Gasteiger partial charge in [0.25, 0.3) is 0 Å². The van der Waals surface area contributed by atoms with Crippen molar-refractivity contribution in [3.8, 4) is 11.1 Å². The molecule has 4 aromatic rings. The van der Waals surface area contributed by atoms with Crippen molar-refractivity contribution >= 4 is 63.7 Å². The minimum Gasteiger partial charge on any atom is -0.466 e. The van der Waals surface area contributed by atoms with E-state index in [1.807, 2.05) is 91.8 Å². The Balaban J connectivity index is 0.000000256. The van der Waals surface area contributed by atoms with Gasteiger partial charge in [-0.3, -0.25) is 9.59 Å². The molecule has 2 atom stereocenters. The van der Waals surface area contributed by atoms with E-state index in [0.717, 1.165) is 31.6 Å². The maximum Gasteiger partial charge on any atom is 0.494 e. The van der Waals surface area contributed by atoms with Crippen molar-refractivity contribution in [1.29, 1.82) is 0 Å². The van der Waals surface area contributed by atoms with Gasteiger partial charge < -0.3 is 18.8 Å². The first-order valence-corrected chi connectivity index (χ1v) is 21.0. The zero-order valence-corrected chi connectivity index (χ0v) is 38.8. The molecule has 4 aromatic carbocycles. The van der Waals surface area contributed by atoms with Crippen molar-refractivity contribution in [1.82, 2.24) is 0 Å². The molecule has 6 nitrogen and oxygen atoms in total. The third-order valence-corrected chi connectivity index (χ3v) is 12.3. The molecule has 1 heterocycles. The van der Waals surface area contributed by atoms with Gasteiger partial charge in [0.1, 0.15) is 11.6 Å². The minimum absolute atomic E-state index is 0.136. The lowest BCUT2D eigenvalue weighted by Crippen LogP contribution is -2.41. The Hall–Kier alpha value is -3.28. The lowest BCUT2D eigenvalue weighted by atomic mass is 9.76. The van der Waals surface area contributed by atoms with E-state index in [9.17, 15) is 18.4 Å². The molecule has 314 valence electrons. The maximum atomic E-state index is 14.6. The Morgan fingerprint density at radius 2 is 1.16 bits per heavy atom. The second-order valence-electron chi connectivity index (χ2n) is 15.6. The van der Waals surface area contributed by atoms with Crippen molar-refractivity contribution in [2.24, 2.45) is 0 Å². The van der Waals surface area contributed by atoms with Gasteiger partial charge in [-0.05, 0) is 166 Å². The van der Waals surface area contributed by atoms with E-state index in [-0.39, 0.29) is 48.3 Å². The highest BCUT2D eigenvalue weighted by Crippen LogP contribution is 2.38. The van der Waals surface area contributed by atoms with E-state index in [1.54, 1.807) is 52.0 Å². The number of esters is 2. The van der Waals surface area contributed by atoms with Crippen molar-refractivity contribution in [2.45, 2.75) is 119 Å². The van der Waals surface area contributed by atoms with Gasteiger partial charge in [0.15, 0.2) is 0 Å². The molecule has 58 heavy (non-hydrogen) atoms. The van der Waals surface area contributed by atoms with E-state index < -0.39 is 18.3 Å². The van der Waals surface area contributed by atoms with Crippen LogP contribution in [0.1, 0.15) is 113 Å². The monoisotopic (exact) mass is 902 g/mol.